The first kappa shape index (κ1) is 19.4. The summed E-state index contributed by atoms with van der Waals surface area (Å²) in [6.45, 7) is 4.19. The van der Waals surface area contributed by atoms with Crippen molar-refractivity contribution in [3.8, 4) is 6.07 Å². The van der Waals surface area contributed by atoms with E-state index in [2.05, 4.69) is 20.9 Å². The minimum absolute atomic E-state index is 0.0853. The van der Waals surface area contributed by atoms with Crippen LogP contribution in [0.2, 0.25) is 0 Å². The predicted molar refractivity (Wildman–Crippen MR) is 108 cm³/mol. The molecule has 2 fully saturated rings. The number of nitriles is 1. The Labute approximate surface area is 168 Å². The van der Waals surface area contributed by atoms with Gasteiger partial charge in [0.25, 0.3) is 0 Å². The largest absolute Gasteiger partial charge is 0.356 e. The maximum Gasteiger partial charge on any atom is 0.223 e. The van der Waals surface area contributed by atoms with Gasteiger partial charge in [0, 0.05) is 43.2 Å². The monoisotopic (exact) mass is 383 g/mol. The van der Waals surface area contributed by atoms with Crippen molar-refractivity contribution in [3.63, 3.8) is 0 Å². The van der Waals surface area contributed by atoms with Crippen molar-refractivity contribution in [2.75, 3.05) is 26.2 Å². The average Bonchev–Trinajstić information content (AvgIpc) is 3.17. The molecule has 1 N–H and O–H groups in total. The Kier molecular flexibility index (Phi) is 6.31. The molecule has 1 saturated carbocycles. The summed E-state index contributed by atoms with van der Waals surface area (Å²) in [4.78, 5) is 19.7. The molecule has 1 aromatic heterocycles. The molecule has 0 radical (unpaired) electrons. The number of fused-ring (bicyclic) bond motifs is 1. The molecule has 0 aromatic carbocycles. The molecule has 6 nitrogen and oxygen atoms in total. The van der Waals surface area contributed by atoms with Gasteiger partial charge in [-0.15, -0.1) is 0 Å². The van der Waals surface area contributed by atoms with E-state index in [1.807, 2.05) is 6.20 Å². The smallest absolute Gasteiger partial charge is 0.223 e. The van der Waals surface area contributed by atoms with Crippen LogP contribution >= 0.6 is 0 Å². The van der Waals surface area contributed by atoms with E-state index in [9.17, 15) is 4.79 Å². The summed E-state index contributed by atoms with van der Waals surface area (Å²) in [6, 6.07) is 2.23. The fraction of sp³-hybridized carbons (Fsp3) is 0.773. The van der Waals surface area contributed by atoms with Crippen molar-refractivity contribution in [2.24, 2.45) is 11.8 Å². The third-order valence-corrected chi connectivity index (χ3v) is 7.03. The summed E-state index contributed by atoms with van der Waals surface area (Å²) < 4.78 is 2.41. The number of piperidine rings is 1. The summed E-state index contributed by atoms with van der Waals surface area (Å²) in [7, 11) is 0. The van der Waals surface area contributed by atoms with Crippen molar-refractivity contribution in [2.45, 2.75) is 70.3 Å². The topological polar surface area (TPSA) is 74.0 Å². The summed E-state index contributed by atoms with van der Waals surface area (Å²) in [5.41, 5.74) is 1.25. The van der Waals surface area contributed by atoms with Gasteiger partial charge in [0.15, 0.2) is 0 Å². The first-order chi connectivity index (χ1) is 13.7. The van der Waals surface area contributed by atoms with Crippen LogP contribution in [0.3, 0.4) is 0 Å². The van der Waals surface area contributed by atoms with E-state index in [4.69, 9.17) is 10.2 Å². The first-order valence-electron chi connectivity index (χ1n) is 11.2. The third-order valence-electron chi connectivity index (χ3n) is 7.03. The van der Waals surface area contributed by atoms with Crippen molar-refractivity contribution < 1.29 is 4.79 Å². The van der Waals surface area contributed by atoms with Crippen molar-refractivity contribution in [1.82, 2.24) is 19.8 Å². The van der Waals surface area contributed by atoms with Gasteiger partial charge in [-0.1, -0.05) is 19.3 Å². The highest BCUT2D eigenvalue weighted by molar-refractivity contribution is 5.79. The fourth-order valence-corrected chi connectivity index (χ4v) is 5.24. The molecule has 2 aliphatic heterocycles. The number of amides is 1. The molecule has 1 aliphatic carbocycles. The van der Waals surface area contributed by atoms with Crippen molar-refractivity contribution in [1.29, 1.82) is 5.26 Å². The fourth-order valence-electron chi connectivity index (χ4n) is 5.24. The second-order valence-electron chi connectivity index (χ2n) is 8.91. The highest BCUT2D eigenvalue weighted by Gasteiger charge is 2.30. The van der Waals surface area contributed by atoms with Gasteiger partial charge in [-0.05, 0) is 51.1 Å². The first-order valence-corrected chi connectivity index (χ1v) is 11.2. The number of carbonyl (C=O) groups excluding carboxylic acids is 1. The number of imidazole rings is 1. The minimum Gasteiger partial charge on any atom is -0.356 e. The average molecular weight is 384 g/mol. The number of hydrogen-bond donors (Lipinski definition) is 1. The van der Waals surface area contributed by atoms with Gasteiger partial charge < -0.3 is 9.88 Å². The van der Waals surface area contributed by atoms with Crippen LogP contribution in [0.25, 0.3) is 0 Å². The van der Waals surface area contributed by atoms with E-state index in [-0.39, 0.29) is 11.8 Å². The highest BCUT2D eigenvalue weighted by Crippen LogP contribution is 2.34. The number of nitrogens with one attached hydrogen (secondary N) is 1. The van der Waals surface area contributed by atoms with Crippen LogP contribution in [0.1, 0.15) is 68.8 Å². The van der Waals surface area contributed by atoms with E-state index in [1.54, 1.807) is 0 Å². The highest BCUT2D eigenvalue weighted by atomic mass is 16.1. The molecule has 0 spiro atoms. The summed E-state index contributed by atoms with van der Waals surface area (Å²) >= 11 is 0. The number of nitrogens with zero attached hydrogens (tertiary/aromatic N) is 4. The van der Waals surface area contributed by atoms with Crippen LogP contribution in [0.15, 0.2) is 6.20 Å². The number of likely N-dealkylation sites (tertiary alicyclic amines) is 1. The number of aromatic nitrogens is 2. The second kappa shape index (κ2) is 9.09. The summed E-state index contributed by atoms with van der Waals surface area (Å²) in [5, 5.41) is 12.0. The quantitative estimate of drug-likeness (QED) is 0.794. The third kappa shape index (κ3) is 4.41. The van der Waals surface area contributed by atoms with Gasteiger partial charge in [-0.25, -0.2) is 4.98 Å². The summed E-state index contributed by atoms with van der Waals surface area (Å²) in [5.74, 6) is 2.75. The van der Waals surface area contributed by atoms with Crippen LogP contribution in [0.5, 0.6) is 0 Å². The molecule has 1 aromatic rings. The van der Waals surface area contributed by atoms with Crippen molar-refractivity contribution >= 4 is 5.91 Å². The normalized spacial score (nSPS) is 24.5. The lowest BCUT2D eigenvalue weighted by molar-refractivity contribution is -0.125. The number of rotatable bonds is 5. The Morgan fingerprint density at radius 3 is 2.68 bits per heavy atom. The molecule has 4 rings (SSSR count). The van der Waals surface area contributed by atoms with E-state index in [0.29, 0.717) is 18.4 Å². The van der Waals surface area contributed by atoms with E-state index < -0.39 is 0 Å². The molecule has 1 saturated heterocycles. The van der Waals surface area contributed by atoms with Gasteiger partial charge in [0.1, 0.15) is 5.82 Å². The molecule has 1 amide bonds. The number of carbonyl (C=O) groups is 1. The molecule has 6 heteroatoms. The van der Waals surface area contributed by atoms with Crippen LogP contribution < -0.4 is 5.32 Å². The lowest BCUT2D eigenvalue weighted by Gasteiger charge is -2.31. The molecule has 152 valence electrons. The Morgan fingerprint density at radius 1 is 1.14 bits per heavy atom. The number of hydrogen-bond acceptors (Lipinski definition) is 4. The van der Waals surface area contributed by atoms with Gasteiger partial charge in [0.05, 0.1) is 12.6 Å². The van der Waals surface area contributed by atoms with Crippen LogP contribution in [-0.4, -0.2) is 46.5 Å². The molecular weight excluding hydrogens is 350 g/mol. The van der Waals surface area contributed by atoms with E-state index in [1.165, 1.54) is 43.6 Å². The lowest BCUT2D eigenvalue weighted by Crippen LogP contribution is -2.41. The Bertz CT molecular complexity index is 707. The van der Waals surface area contributed by atoms with Gasteiger partial charge in [0.2, 0.25) is 5.91 Å². The van der Waals surface area contributed by atoms with E-state index >= 15 is 0 Å². The Balaban J connectivity index is 1.26. The molecule has 0 unspecified atom stereocenters. The lowest BCUT2D eigenvalue weighted by atomic mass is 9.88. The van der Waals surface area contributed by atoms with Crippen LogP contribution in [-0.2, 0) is 17.8 Å². The standard InChI is InChI=1S/C22H33N5O/c23-9-13-26-10-6-17(7-11-26)15-25-22(28)19-8-12-27-20(14-19)16-24-21(27)18-4-2-1-3-5-18/h16-19H,1-8,10-15H2,(H,25,28)/t19-/m0/s1. The van der Waals surface area contributed by atoms with E-state index in [0.717, 1.165) is 51.9 Å². The zero-order chi connectivity index (χ0) is 19.3. The minimum atomic E-state index is 0.0853. The maximum absolute atomic E-state index is 12.7. The van der Waals surface area contributed by atoms with Gasteiger partial charge >= 0.3 is 0 Å². The van der Waals surface area contributed by atoms with Gasteiger partial charge in [-0.3, -0.25) is 9.69 Å². The zero-order valence-electron chi connectivity index (χ0n) is 16.9. The van der Waals surface area contributed by atoms with Crippen LogP contribution in [0, 0.1) is 23.2 Å². The molecule has 1 atom stereocenters. The molecule has 3 aliphatic rings. The molecule has 0 bridgehead atoms. The Hall–Kier alpha value is -1.87. The zero-order valence-corrected chi connectivity index (χ0v) is 16.9. The molecule has 3 heterocycles. The van der Waals surface area contributed by atoms with Crippen molar-refractivity contribution in [3.05, 3.63) is 17.7 Å². The Morgan fingerprint density at radius 2 is 1.93 bits per heavy atom. The second-order valence-corrected chi connectivity index (χ2v) is 8.91. The summed E-state index contributed by atoms with van der Waals surface area (Å²) in [6.07, 6.45) is 12.5. The SMILES string of the molecule is N#CCN1CCC(CNC(=O)[C@H]2CCn3c(cnc3C3CCCCC3)C2)CC1. The predicted octanol–water partition coefficient (Wildman–Crippen LogP) is 2.84. The maximum atomic E-state index is 12.7. The molecular formula is C22H33N5O. The van der Waals surface area contributed by atoms with Gasteiger partial charge in [-0.2, -0.15) is 5.26 Å². The molecule has 28 heavy (non-hydrogen) atoms. The van der Waals surface area contributed by atoms with Crippen LogP contribution in [0.4, 0.5) is 0 Å².